The molecule has 1 fully saturated rings. The molecule has 2 heterocycles. The Kier molecular flexibility index (Phi) is 3.48. The fourth-order valence-corrected chi connectivity index (χ4v) is 3.48. The minimum absolute atomic E-state index is 0.156. The van der Waals surface area contributed by atoms with Gasteiger partial charge in [-0.2, -0.15) is 0 Å². The zero-order chi connectivity index (χ0) is 13.3. The molecule has 0 aliphatic heterocycles. The van der Waals surface area contributed by atoms with Crippen LogP contribution < -0.4 is 0 Å². The lowest BCUT2D eigenvalue weighted by Crippen LogP contribution is -2.34. The highest BCUT2D eigenvalue weighted by Crippen LogP contribution is 2.37. The van der Waals surface area contributed by atoms with E-state index in [1.54, 1.807) is 0 Å². The highest BCUT2D eigenvalue weighted by atomic mass is 35.5. The van der Waals surface area contributed by atoms with E-state index in [1.807, 2.05) is 18.3 Å². The third kappa shape index (κ3) is 2.25. The topological polar surface area (TPSA) is 30.7 Å². The Balaban J connectivity index is 2.16. The molecule has 4 heteroatoms. The standard InChI is InChI=1S/C15H20ClN3/c1-15(8-3-2-4-9-15)19-13(7-10-16)18-12-6-5-11-17-14(12)19/h5-6,11H,2-4,7-10H2,1H3. The lowest BCUT2D eigenvalue weighted by Gasteiger charge is -2.36. The van der Waals surface area contributed by atoms with Gasteiger partial charge >= 0.3 is 0 Å². The van der Waals surface area contributed by atoms with Crippen LogP contribution in [0.15, 0.2) is 18.3 Å². The van der Waals surface area contributed by atoms with Crippen molar-refractivity contribution in [3.05, 3.63) is 24.2 Å². The maximum absolute atomic E-state index is 5.95. The summed E-state index contributed by atoms with van der Waals surface area (Å²) in [5, 5.41) is 0. The van der Waals surface area contributed by atoms with Crippen LogP contribution in [0.25, 0.3) is 11.2 Å². The van der Waals surface area contributed by atoms with Crippen molar-refractivity contribution in [3.63, 3.8) is 0 Å². The van der Waals surface area contributed by atoms with E-state index >= 15 is 0 Å². The van der Waals surface area contributed by atoms with Gasteiger partial charge in [-0.25, -0.2) is 9.97 Å². The Morgan fingerprint density at radius 1 is 1.32 bits per heavy atom. The van der Waals surface area contributed by atoms with E-state index in [2.05, 4.69) is 16.5 Å². The number of imidazole rings is 1. The number of hydrogen-bond donors (Lipinski definition) is 0. The molecule has 2 aromatic heterocycles. The number of hydrogen-bond acceptors (Lipinski definition) is 2. The summed E-state index contributed by atoms with van der Waals surface area (Å²) in [4.78, 5) is 9.30. The molecule has 1 aliphatic carbocycles. The van der Waals surface area contributed by atoms with Crippen LogP contribution >= 0.6 is 11.6 Å². The van der Waals surface area contributed by atoms with Crippen molar-refractivity contribution in [2.45, 2.75) is 51.0 Å². The number of rotatable bonds is 3. The molecule has 3 rings (SSSR count). The van der Waals surface area contributed by atoms with E-state index in [0.717, 1.165) is 23.4 Å². The SMILES string of the molecule is CC1(n2c(CCCl)nc3cccnc32)CCCCC1. The molecule has 0 amide bonds. The van der Waals surface area contributed by atoms with E-state index in [1.165, 1.54) is 32.1 Å². The van der Waals surface area contributed by atoms with E-state index in [0.29, 0.717) is 5.88 Å². The Labute approximate surface area is 119 Å². The van der Waals surface area contributed by atoms with Crippen LogP contribution in [-0.2, 0) is 12.0 Å². The van der Waals surface area contributed by atoms with Crippen LogP contribution in [0.5, 0.6) is 0 Å². The van der Waals surface area contributed by atoms with Gasteiger partial charge in [-0.3, -0.25) is 0 Å². The summed E-state index contributed by atoms with van der Waals surface area (Å²) < 4.78 is 2.36. The minimum Gasteiger partial charge on any atom is -0.307 e. The monoisotopic (exact) mass is 277 g/mol. The predicted molar refractivity (Wildman–Crippen MR) is 78.7 cm³/mol. The van der Waals surface area contributed by atoms with Gasteiger partial charge in [-0.15, -0.1) is 11.6 Å². The summed E-state index contributed by atoms with van der Waals surface area (Å²) >= 11 is 5.95. The molecule has 0 radical (unpaired) electrons. The molecular formula is C15H20ClN3. The average molecular weight is 278 g/mol. The summed E-state index contributed by atoms with van der Waals surface area (Å²) in [6.07, 6.45) is 9.03. The Bertz CT molecular complexity index is 570. The molecule has 0 N–H and O–H groups in total. The van der Waals surface area contributed by atoms with Crippen molar-refractivity contribution in [1.29, 1.82) is 0 Å². The highest BCUT2D eigenvalue weighted by molar-refractivity contribution is 6.17. The molecule has 1 saturated carbocycles. The van der Waals surface area contributed by atoms with Crippen LogP contribution in [0, 0.1) is 0 Å². The van der Waals surface area contributed by atoms with E-state index < -0.39 is 0 Å². The van der Waals surface area contributed by atoms with Gasteiger partial charge in [0.15, 0.2) is 5.65 Å². The normalized spacial score (nSPS) is 18.8. The molecule has 0 spiro atoms. The van der Waals surface area contributed by atoms with Crippen molar-refractivity contribution in [2.75, 3.05) is 5.88 Å². The van der Waals surface area contributed by atoms with Crippen LogP contribution in [0.1, 0.15) is 44.9 Å². The van der Waals surface area contributed by atoms with Crippen LogP contribution in [0.3, 0.4) is 0 Å². The highest BCUT2D eigenvalue weighted by Gasteiger charge is 2.32. The van der Waals surface area contributed by atoms with Gasteiger partial charge < -0.3 is 4.57 Å². The maximum Gasteiger partial charge on any atom is 0.160 e. The van der Waals surface area contributed by atoms with E-state index in [4.69, 9.17) is 16.6 Å². The third-order valence-electron chi connectivity index (χ3n) is 4.27. The minimum atomic E-state index is 0.156. The maximum atomic E-state index is 5.95. The molecule has 0 aromatic carbocycles. The average Bonchev–Trinajstić information content (AvgIpc) is 2.78. The second kappa shape index (κ2) is 5.12. The van der Waals surface area contributed by atoms with Crippen molar-refractivity contribution < 1.29 is 0 Å². The lowest BCUT2D eigenvalue weighted by atomic mass is 9.83. The second-order valence-electron chi connectivity index (χ2n) is 5.71. The molecule has 0 atom stereocenters. The van der Waals surface area contributed by atoms with E-state index in [9.17, 15) is 0 Å². The summed E-state index contributed by atoms with van der Waals surface area (Å²) in [6.45, 7) is 2.35. The Morgan fingerprint density at radius 3 is 2.84 bits per heavy atom. The van der Waals surface area contributed by atoms with Crippen LogP contribution in [0.2, 0.25) is 0 Å². The smallest absolute Gasteiger partial charge is 0.160 e. The van der Waals surface area contributed by atoms with Gasteiger partial charge in [0.2, 0.25) is 0 Å². The van der Waals surface area contributed by atoms with Crippen LogP contribution in [0.4, 0.5) is 0 Å². The fraction of sp³-hybridized carbons (Fsp3) is 0.600. The number of aromatic nitrogens is 3. The number of aryl methyl sites for hydroxylation is 1. The largest absolute Gasteiger partial charge is 0.307 e. The molecule has 1 aliphatic rings. The first kappa shape index (κ1) is 12.9. The fourth-order valence-electron chi connectivity index (χ4n) is 3.32. The number of halogens is 1. The molecule has 19 heavy (non-hydrogen) atoms. The Morgan fingerprint density at radius 2 is 2.11 bits per heavy atom. The third-order valence-corrected chi connectivity index (χ3v) is 4.46. The van der Waals surface area contributed by atoms with Gasteiger partial charge in [0.25, 0.3) is 0 Å². The summed E-state index contributed by atoms with van der Waals surface area (Å²) in [5.74, 6) is 1.70. The molecular weight excluding hydrogens is 258 g/mol. The lowest BCUT2D eigenvalue weighted by molar-refractivity contribution is 0.218. The Hall–Kier alpha value is -1.09. The number of alkyl halides is 1. The quantitative estimate of drug-likeness (QED) is 0.797. The molecule has 0 bridgehead atoms. The van der Waals surface area contributed by atoms with Gasteiger partial charge in [0, 0.05) is 24.0 Å². The van der Waals surface area contributed by atoms with Crippen molar-refractivity contribution >= 4 is 22.8 Å². The summed E-state index contributed by atoms with van der Waals surface area (Å²) in [5.41, 5.74) is 2.17. The van der Waals surface area contributed by atoms with Crippen molar-refractivity contribution in [3.8, 4) is 0 Å². The van der Waals surface area contributed by atoms with Crippen molar-refractivity contribution in [1.82, 2.24) is 14.5 Å². The molecule has 102 valence electrons. The molecule has 2 aromatic rings. The summed E-state index contributed by atoms with van der Waals surface area (Å²) in [6, 6.07) is 4.00. The number of pyridine rings is 1. The summed E-state index contributed by atoms with van der Waals surface area (Å²) in [7, 11) is 0. The predicted octanol–water partition coefficient (Wildman–Crippen LogP) is 3.89. The first-order chi connectivity index (χ1) is 9.24. The second-order valence-corrected chi connectivity index (χ2v) is 6.08. The number of nitrogens with zero attached hydrogens (tertiary/aromatic N) is 3. The van der Waals surface area contributed by atoms with Crippen molar-refractivity contribution in [2.24, 2.45) is 0 Å². The first-order valence-corrected chi connectivity index (χ1v) is 7.67. The zero-order valence-corrected chi connectivity index (χ0v) is 12.2. The molecule has 3 nitrogen and oxygen atoms in total. The molecule has 0 saturated heterocycles. The van der Waals surface area contributed by atoms with Gasteiger partial charge in [0.1, 0.15) is 11.3 Å². The first-order valence-electron chi connectivity index (χ1n) is 7.13. The van der Waals surface area contributed by atoms with E-state index in [-0.39, 0.29) is 5.54 Å². The van der Waals surface area contributed by atoms with Gasteiger partial charge in [0.05, 0.1) is 0 Å². The molecule has 0 unspecified atom stereocenters. The van der Waals surface area contributed by atoms with Gasteiger partial charge in [-0.1, -0.05) is 19.3 Å². The van der Waals surface area contributed by atoms with Crippen LogP contribution in [-0.4, -0.2) is 20.4 Å². The number of fused-ring (bicyclic) bond motifs is 1. The van der Waals surface area contributed by atoms with Gasteiger partial charge in [-0.05, 0) is 31.9 Å². The zero-order valence-electron chi connectivity index (χ0n) is 11.4.